The molecule has 0 aliphatic heterocycles. The highest BCUT2D eigenvalue weighted by molar-refractivity contribution is 6.05. The molecule has 0 radical (unpaired) electrons. The summed E-state index contributed by atoms with van der Waals surface area (Å²) in [6.45, 7) is 2.08. The first-order chi connectivity index (χ1) is 15.4. The van der Waals surface area contributed by atoms with Crippen LogP contribution in [0.2, 0.25) is 0 Å². The van der Waals surface area contributed by atoms with E-state index in [4.69, 9.17) is 9.72 Å². The first-order valence-corrected chi connectivity index (χ1v) is 10.5. The van der Waals surface area contributed by atoms with Crippen LogP contribution in [0.25, 0.3) is 10.9 Å². The molecule has 5 nitrogen and oxygen atoms in total. The number of nitrogens with zero attached hydrogens (tertiary/aromatic N) is 2. The Kier molecular flexibility index (Phi) is 6.08. The average molecular weight is 426 g/mol. The summed E-state index contributed by atoms with van der Waals surface area (Å²) < 4.78 is 5.23. The number of amides is 1. The zero-order valence-corrected chi connectivity index (χ0v) is 18.8. The topological polar surface area (TPSA) is 54.5 Å². The van der Waals surface area contributed by atoms with Crippen LogP contribution in [-0.4, -0.2) is 32.1 Å². The summed E-state index contributed by atoms with van der Waals surface area (Å²) in [6, 6.07) is 23.6. The van der Waals surface area contributed by atoms with Gasteiger partial charge in [0.25, 0.3) is 5.91 Å². The maximum Gasteiger partial charge on any atom is 0.255 e. The van der Waals surface area contributed by atoms with Crippen molar-refractivity contribution in [1.29, 1.82) is 0 Å². The summed E-state index contributed by atoms with van der Waals surface area (Å²) in [7, 11) is 5.62. The first-order valence-electron chi connectivity index (χ1n) is 10.5. The Morgan fingerprint density at radius 1 is 0.969 bits per heavy atom. The van der Waals surface area contributed by atoms with Crippen LogP contribution in [0.5, 0.6) is 5.75 Å². The summed E-state index contributed by atoms with van der Waals surface area (Å²) in [4.78, 5) is 19.5. The number of methoxy groups -OCH3 is 1. The van der Waals surface area contributed by atoms with E-state index in [2.05, 4.69) is 30.4 Å². The fraction of sp³-hybridized carbons (Fsp3) is 0.185. The standard InChI is InChI=1S/C27H27N3O2/c1-18-15-22(16-19-5-12-24(32-4)13-6-19)28-26-14-9-21(17-25(18)26)29-27(31)20-7-10-23(11-8-20)30(2)3/h5-15,17H,16H2,1-4H3,(H,29,31). The number of carbonyl (C=O) groups is 1. The Hall–Kier alpha value is -3.86. The van der Waals surface area contributed by atoms with Crippen LogP contribution >= 0.6 is 0 Å². The molecule has 32 heavy (non-hydrogen) atoms. The molecule has 0 aliphatic carbocycles. The number of hydrogen-bond donors (Lipinski definition) is 1. The van der Waals surface area contributed by atoms with E-state index in [1.165, 1.54) is 5.56 Å². The van der Waals surface area contributed by atoms with E-state index in [9.17, 15) is 4.79 Å². The predicted molar refractivity (Wildman–Crippen MR) is 131 cm³/mol. The highest BCUT2D eigenvalue weighted by atomic mass is 16.5. The maximum atomic E-state index is 12.7. The molecule has 0 fully saturated rings. The molecule has 5 heteroatoms. The second-order valence-corrected chi connectivity index (χ2v) is 8.08. The minimum Gasteiger partial charge on any atom is -0.497 e. The summed E-state index contributed by atoms with van der Waals surface area (Å²) in [5.41, 5.74) is 6.68. The van der Waals surface area contributed by atoms with Gasteiger partial charge >= 0.3 is 0 Å². The van der Waals surface area contributed by atoms with Crippen molar-refractivity contribution in [3.8, 4) is 5.75 Å². The SMILES string of the molecule is COc1ccc(Cc2cc(C)c3cc(NC(=O)c4ccc(N(C)C)cc4)ccc3n2)cc1. The third-order valence-electron chi connectivity index (χ3n) is 5.52. The lowest BCUT2D eigenvalue weighted by molar-refractivity contribution is 0.102. The molecule has 1 heterocycles. The normalized spacial score (nSPS) is 10.8. The minimum atomic E-state index is -0.128. The van der Waals surface area contributed by atoms with Crippen LogP contribution in [0.1, 0.15) is 27.2 Å². The molecule has 3 aromatic carbocycles. The monoisotopic (exact) mass is 425 g/mol. The molecule has 0 saturated heterocycles. The Morgan fingerprint density at radius 2 is 1.69 bits per heavy atom. The molecule has 0 unspecified atom stereocenters. The number of aryl methyl sites for hydroxylation is 1. The fourth-order valence-electron chi connectivity index (χ4n) is 3.70. The van der Waals surface area contributed by atoms with Crippen LogP contribution in [-0.2, 0) is 6.42 Å². The van der Waals surface area contributed by atoms with Gasteiger partial charge in [0.05, 0.1) is 12.6 Å². The van der Waals surface area contributed by atoms with Gasteiger partial charge in [-0.2, -0.15) is 0 Å². The fourth-order valence-corrected chi connectivity index (χ4v) is 3.70. The summed E-state index contributed by atoms with van der Waals surface area (Å²) >= 11 is 0. The van der Waals surface area contributed by atoms with E-state index in [1.54, 1.807) is 7.11 Å². The molecule has 1 N–H and O–H groups in total. The molecule has 4 aromatic rings. The number of ether oxygens (including phenoxy) is 1. The Bertz CT molecular complexity index is 1250. The van der Waals surface area contributed by atoms with Gasteiger partial charge in [-0.05, 0) is 78.7 Å². The lowest BCUT2D eigenvalue weighted by Crippen LogP contribution is -2.13. The van der Waals surface area contributed by atoms with Crippen molar-refractivity contribution in [3.63, 3.8) is 0 Å². The highest BCUT2D eigenvalue weighted by Gasteiger charge is 2.09. The summed E-state index contributed by atoms with van der Waals surface area (Å²) in [5, 5.41) is 4.03. The maximum absolute atomic E-state index is 12.7. The quantitative estimate of drug-likeness (QED) is 0.446. The van der Waals surface area contributed by atoms with E-state index in [-0.39, 0.29) is 5.91 Å². The Labute approximate surface area is 188 Å². The highest BCUT2D eigenvalue weighted by Crippen LogP contribution is 2.24. The van der Waals surface area contributed by atoms with Crippen LogP contribution in [0.4, 0.5) is 11.4 Å². The van der Waals surface area contributed by atoms with Crippen LogP contribution < -0.4 is 15.0 Å². The number of anilines is 2. The van der Waals surface area contributed by atoms with Gasteiger partial charge in [-0.15, -0.1) is 0 Å². The van der Waals surface area contributed by atoms with Gasteiger partial charge in [0.1, 0.15) is 5.75 Å². The second-order valence-electron chi connectivity index (χ2n) is 8.08. The van der Waals surface area contributed by atoms with Gasteiger partial charge in [-0.3, -0.25) is 9.78 Å². The Balaban J connectivity index is 1.52. The lowest BCUT2D eigenvalue weighted by Gasteiger charge is -2.13. The summed E-state index contributed by atoms with van der Waals surface area (Å²) in [6.07, 6.45) is 0.752. The number of fused-ring (bicyclic) bond motifs is 1. The van der Waals surface area contributed by atoms with Crippen LogP contribution in [0.15, 0.2) is 72.8 Å². The zero-order chi connectivity index (χ0) is 22.7. The number of carbonyl (C=O) groups excluding carboxylic acids is 1. The van der Waals surface area contributed by atoms with Crippen LogP contribution in [0.3, 0.4) is 0 Å². The van der Waals surface area contributed by atoms with Gasteiger partial charge in [0.15, 0.2) is 0 Å². The smallest absolute Gasteiger partial charge is 0.255 e. The molecule has 1 amide bonds. The molecule has 0 spiro atoms. The molecule has 0 bridgehead atoms. The third kappa shape index (κ3) is 4.72. The van der Waals surface area contributed by atoms with E-state index in [0.717, 1.165) is 45.7 Å². The minimum absolute atomic E-state index is 0.128. The van der Waals surface area contributed by atoms with E-state index in [0.29, 0.717) is 5.56 Å². The number of rotatable bonds is 6. The van der Waals surface area contributed by atoms with Crippen molar-refractivity contribution in [1.82, 2.24) is 4.98 Å². The van der Waals surface area contributed by atoms with Crippen molar-refractivity contribution in [2.45, 2.75) is 13.3 Å². The van der Waals surface area contributed by atoms with Gasteiger partial charge in [-0.25, -0.2) is 0 Å². The summed E-state index contributed by atoms with van der Waals surface area (Å²) in [5.74, 6) is 0.719. The lowest BCUT2D eigenvalue weighted by atomic mass is 10.0. The number of aromatic nitrogens is 1. The molecule has 0 aliphatic rings. The molecular formula is C27H27N3O2. The van der Waals surface area contributed by atoms with Crippen molar-refractivity contribution in [3.05, 3.63) is 95.2 Å². The number of pyridine rings is 1. The van der Waals surface area contributed by atoms with Crippen molar-refractivity contribution >= 4 is 28.2 Å². The van der Waals surface area contributed by atoms with E-state index in [1.807, 2.05) is 73.6 Å². The van der Waals surface area contributed by atoms with Crippen molar-refractivity contribution < 1.29 is 9.53 Å². The van der Waals surface area contributed by atoms with Gasteiger partial charge < -0.3 is 15.0 Å². The molecule has 162 valence electrons. The number of hydrogen-bond acceptors (Lipinski definition) is 4. The largest absolute Gasteiger partial charge is 0.497 e. The van der Waals surface area contributed by atoms with E-state index >= 15 is 0 Å². The molecule has 0 atom stereocenters. The number of benzene rings is 3. The molecule has 1 aromatic heterocycles. The molecule has 0 saturated carbocycles. The molecular weight excluding hydrogens is 398 g/mol. The van der Waals surface area contributed by atoms with Gasteiger partial charge in [-0.1, -0.05) is 12.1 Å². The average Bonchev–Trinajstić information content (AvgIpc) is 2.80. The van der Waals surface area contributed by atoms with Gasteiger partial charge in [0, 0.05) is 48.5 Å². The second kappa shape index (κ2) is 9.10. The third-order valence-corrected chi connectivity index (χ3v) is 5.52. The zero-order valence-electron chi connectivity index (χ0n) is 18.8. The van der Waals surface area contributed by atoms with Crippen molar-refractivity contribution in [2.24, 2.45) is 0 Å². The first kappa shape index (κ1) is 21.4. The van der Waals surface area contributed by atoms with Crippen molar-refractivity contribution in [2.75, 3.05) is 31.4 Å². The Morgan fingerprint density at radius 3 is 2.34 bits per heavy atom. The van der Waals surface area contributed by atoms with Gasteiger partial charge in [0.2, 0.25) is 0 Å². The molecule has 4 rings (SSSR count). The predicted octanol–water partition coefficient (Wildman–Crippen LogP) is 5.46. The van der Waals surface area contributed by atoms with Crippen LogP contribution in [0, 0.1) is 6.92 Å². The van der Waals surface area contributed by atoms with E-state index < -0.39 is 0 Å². The number of nitrogens with one attached hydrogen (secondary N) is 1.